The van der Waals surface area contributed by atoms with E-state index in [0.717, 1.165) is 26.2 Å². The van der Waals surface area contributed by atoms with Gasteiger partial charge in [0, 0.05) is 50.5 Å². The summed E-state index contributed by atoms with van der Waals surface area (Å²) >= 11 is 0. The van der Waals surface area contributed by atoms with Gasteiger partial charge < -0.3 is 20.1 Å². The van der Waals surface area contributed by atoms with Gasteiger partial charge in [0.15, 0.2) is 0 Å². The molecule has 0 aromatic heterocycles. The van der Waals surface area contributed by atoms with Crippen LogP contribution in [-0.2, 0) is 9.59 Å². The Hall–Kier alpha value is -3.06. The number of anilines is 2. The van der Waals surface area contributed by atoms with E-state index in [0.29, 0.717) is 18.0 Å². The topological polar surface area (TPSA) is 82.1 Å². The van der Waals surface area contributed by atoms with Crippen molar-refractivity contribution >= 4 is 23.3 Å². The van der Waals surface area contributed by atoms with Gasteiger partial charge in [0.05, 0.1) is 13.0 Å². The number of piperazine rings is 1. The lowest BCUT2D eigenvalue weighted by atomic mass is 10.0. The maximum atomic E-state index is 12.3. The molecule has 1 aliphatic heterocycles. The number of methoxy groups -OCH3 is 1. The third kappa shape index (κ3) is 5.96. The Kier molecular flexibility index (Phi) is 7.08. The SMILES string of the molecule is COc1ccc(NC(=O)CC(CN2CCN(c3ccccc3)CC2)C(=O)O)cc1. The van der Waals surface area contributed by atoms with Gasteiger partial charge >= 0.3 is 5.97 Å². The number of hydrogen-bond donors (Lipinski definition) is 2. The minimum atomic E-state index is -0.944. The molecule has 0 spiro atoms. The molecule has 154 valence electrons. The van der Waals surface area contributed by atoms with Crippen LogP contribution in [0.2, 0.25) is 0 Å². The third-order valence-electron chi connectivity index (χ3n) is 5.13. The number of hydrogen-bond acceptors (Lipinski definition) is 5. The zero-order chi connectivity index (χ0) is 20.6. The Morgan fingerprint density at radius 1 is 1.03 bits per heavy atom. The number of ether oxygens (including phenoxy) is 1. The average Bonchev–Trinajstić information content (AvgIpc) is 2.75. The zero-order valence-electron chi connectivity index (χ0n) is 16.6. The number of carboxylic acids is 1. The number of carboxylic acid groups (broad SMARTS) is 1. The lowest BCUT2D eigenvalue weighted by molar-refractivity contribution is -0.144. The average molecular weight is 397 g/mol. The molecule has 2 N–H and O–H groups in total. The summed E-state index contributed by atoms with van der Waals surface area (Å²) in [7, 11) is 1.57. The van der Waals surface area contributed by atoms with Crippen molar-refractivity contribution in [1.82, 2.24) is 4.90 Å². The lowest BCUT2D eigenvalue weighted by Gasteiger charge is -2.37. The van der Waals surface area contributed by atoms with Gasteiger partial charge in [0.25, 0.3) is 0 Å². The maximum absolute atomic E-state index is 12.3. The second-order valence-corrected chi connectivity index (χ2v) is 7.14. The van der Waals surface area contributed by atoms with Crippen LogP contribution in [-0.4, -0.2) is 61.7 Å². The molecule has 0 aliphatic carbocycles. The summed E-state index contributed by atoms with van der Waals surface area (Å²) in [6, 6.07) is 17.2. The summed E-state index contributed by atoms with van der Waals surface area (Å²) in [6.07, 6.45) is -0.0553. The number of aliphatic carboxylic acids is 1. The van der Waals surface area contributed by atoms with E-state index in [1.165, 1.54) is 5.69 Å². The van der Waals surface area contributed by atoms with Crippen molar-refractivity contribution in [3.63, 3.8) is 0 Å². The van der Waals surface area contributed by atoms with Crippen molar-refractivity contribution in [1.29, 1.82) is 0 Å². The molecular formula is C22H27N3O4. The van der Waals surface area contributed by atoms with Crippen molar-refractivity contribution < 1.29 is 19.4 Å². The summed E-state index contributed by atoms with van der Waals surface area (Å²) < 4.78 is 5.09. The molecule has 1 unspecified atom stereocenters. The van der Waals surface area contributed by atoms with Crippen molar-refractivity contribution in [3.05, 3.63) is 54.6 Å². The molecule has 1 atom stereocenters. The van der Waals surface area contributed by atoms with Crippen LogP contribution in [0.1, 0.15) is 6.42 Å². The highest BCUT2D eigenvalue weighted by molar-refractivity contribution is 5.93. The van der Waals surface area contributed by atoms with E-state index in [2.05, 4.69) is 27.2 Å². The van der Waals surface area contributed by atoms with Gasteiger partial charge in [-0.15, -0.1) is 0 Å². The lowest BCUT2D eigenvalue weighted by Crippen LogP contribution is -2.48. The van der Waals surface area contributed by atoms with Crippen LogP contribution in [0, 0.1) is 5.92 Å². The highest BCUT2D eigenvalue weighted by Crippen LogP contribution is 2.18. The van der Waals surface area contributed by atoms with Crippen LogP contribution in [0.15, 0.2) is 54.6 Å². The first-order valence-corrected chi connectivity index (χ1v) is 9.74. The fourth-order valence-corrected chi connectivity index (χ4v) is 3.48. The molecule has 0 saturated carbocycles. The molecular weight excluding hydrogens is 370 g/mol. The number of para-hydroxylation sites is 1. The highest BCUT2D eigenvalue weighted by atomic mass is 16.5. The van der Waals surface area contributed by atoms with Gasteiger partial charge in [0.2, 0.25) is 5.91 Å². The first kappa shape index (κ1) is 20.7. The minimum absolute atomic E-state index is 0.0553. The molecule has 1 heterocycles. The van der Waals surface area contributed by atoms with E-state index in [1.807, 2.05) is 18.2 Å². The predicted octanol–water partition coefficient (Wildman–Crippen LogP) is 2.55. The van der Waals surface area contributed by atoms with Crippen LogP contribution >= 0.6 is 0 Å². The van der Waals surface area contributed by atoms with Crippen molar-refractivity contribution in [2.75, 3.05) is 50.1 Å². The second-order valence-electron chi connectivity index (χ2n) is 7.14. The first-order chi connectivity index (χ1) is 14.0. The monoisotopic (exact) mass is 397 g/mol. The quantitative estimate of drug-likeness (QED) is 0.712. The van der Waals surface area contributed by atoms with Crippen LogP contribution in [0.3, 0.4) is 0 Å². The Morgan fingerprint density at radius 2 is 1.69 bits per heavy atom. The van der Waals surface area contributed by atoms with E-state index >= 15 is 0 Å². The van der Waals surface area contributed by atoms with Crippen molar-refractivity contribution in [3.8, 4) is 5.75 Å². The molecule has 2 aromatic carbocycles. The fourth-order valence-electron chi connectivity index (χ4n) is 3.48. The van der Waals surface area contributed by atoms with Crippen molar-refractivity contribution in [2.45, 2.75) is 6.42 Å². The summed E-state index contributed by atoms with van der Waals surface area (Å²) in [5.41, 5.74) is 1.80. The molecule has 3 rings (SSSR count). The van der Waals surface area contributed by atoms with Gasteiger partial charge in [-0.25, -0.2) is 0 Å². The molecule has 1 aliphatic rings. The second kappa shape index (κ2) is 9.93. The number of nitrogens with zero attached hydrogens (tertiary/aromatic N) is 2. The van der Waals surface area contributed by atoms with E-state index in [-0.39, 0.29) is 12.3 Å². The fraction of sp³-hybridized carbons (Fsp3) is 0.364. The number of nitrogens with one attached hydrogen (secondary N) is 1. The highest BCUT2D eigenvalue weighted by Gasteiger charge is 2.26. The van der Waals surface area contributed by atoms with Gasteiger partial charge in [-0.2, -0.15) is 0 Å². The molecule has 7 heteroatoms. The minimum Gasteiger partial charge on any atom is -0.497 e. The van der Waals surface area contributed by atoms with Gasteiger partial charge in [-0.05, 0) is 36.4 Å². The summed E-state index contributed by atoms with van der Waals surface area (Å²) in [5, 5.41) is 12.3. The molecule has 29 heavy (non-hydrogen) atoms. The van der Waals surface area contributed by atoms with E-state index < -0.39 is 11.9 Å². The van der Waals surface area contributed by atoms with Crippen LogP contribution < -0.4 is 15.0 Å². The van der Waals surface area contributed by atoms with Gasteiger partial charge in [0.1, 0.15) is 5.75 Å². The summed E-state index contributed by atoms with van der Waals surface area (Å²) in [6.45, 7) is 3.61. The zero-order valence-corrected chi connectivity index (χ0v) is 16.6. The standard InChI is InChI=1S/C22H27N3O4/c1-29-20-9-7-18(8-10-20)23-21(26)15-17(22(27)28)16-24-11-13-25(14-12-24)19-5-3-2-4-6-19/h2-10,17H,11-16H2,1H3,(H,23,26)(H,27,28). The van der Waals surface area contributed by atoms with E-state index in [9.17, 15) is 14.7 Å². The Morgan fingerprint density at radius 3 is 2.28 bits per heavy atom. The Bertz CT molecular complexity index is 803. The smallest absolute Gasteiger partial charge is 0.308 e. The molecule has 1 amide bonds. The normalized spacial score (nSPS) is 15.6. The van der Waals surface area contributed by atoms with Crippen LogP contribution in [0.25, 0.3) is 0 Å². The number of carbonyl (C=O) groups is 2. The van der Waals surface area contributed by atoms with Crippen LogP contribution in [0.4, 0.5) is 11.4 Å². The predicted molar refractivity (Wildman–Crippen MR) is 112 cm³/mol. The third-order valence-corrected chi connectivity index (χ3v) is 5.13. The number of benzene rings is 2. The van der Waals surface area contributed by atoms with Crippen molar-refractivity contribution in [2.24, 2.45) is 5.92 Å². The number of carbonyl (C=O) groups excluding carboxylic acids is 1. The van der Waals surface area contributed by atoms with Crippen LogP contribution in [0.5, 0.6) is 5.75 Å². The largest absolute Gasteiger partial charge is 0.497 e. The molecule has 7 nitrogen and oxygen atoms in total. The first-order valence-electron chi connectivity index (χ1n) is 9.74. The Labute approximate surface area is 170 Å². The van der Waals surface area contributed by atoms with Gasteiger partial charge in [-0.1, -0.05) is 18.2 Å². The van der Waals surface area contributed by atoms with E-state index in [4.69, 9.17) is 4.74 Å². The summed E-state index contributed by atoms with van der Waals surface area (Å²) in [4.78, 5) is 28.4. The van der Waals surface area contributed by atoms with E-state index in [1.54, 1.807) is 31.4 Å². The number of amides is 1. The molecule has 0 bridgehead atoms. The Balaban J connectivity index is 1.49. The molecule has 0 radical (unpaired) electrons. The molecule has 2 aromatic rings. The summed E-state index contributed by atoms with van der Waals surface area (Å²) in [5.74, 6) is -1.29. The van der Waals surface area contributed by atoms with Gasteiger partial charge in [-0.3, -0.25) is 14.5 Å². The molecule has 1 fully saturated rings. The number of rotatable bonds is 8. The maximum Gasteiger partial charge on any atom is 0.308 e. The molecule has 1 saturated heterocycles.